The van der Waals surface area contributed by atoms with E-state index in [1.807, 2.05) is 35.7 Å². The smallest absolute Gasteiger partial charge is 0.244 e. The molecule has 4 rings (SSSR count). The van der Waals surface area contributed by atoms with E-state index in [9.17, 15) is 9.59 Å². The largest absolute Gasteiger partial charge is 0.323 e. The molecule has 1 aromatic carbocycles. The summed E-state index contributed by atoms with van der Waals surface area (Å²) in [6, 6.07) is 11.3. The lowest BCUT2D eigenvalue weighted by Gasteiger charge is -2.30. The Morgan fingerprint density at radius 2 is 2.19 bits per heavy atom. The summed E-state index contributed by atoms with van der Waals surface area (Å²) in [5, 5.41) is 16.7. The second-order valence-corrected chi connectivity index (χ2v) is 8.29. The Morgan fingerprint density at radius 1 is 1.33 bits per heavy atom. The zero-order chi connectivity index (χ0) is 18.8. The van der Waals surface area contributed by atoms with Crippen molar-refractivity contribution in [1.29, 1.82) is 0 Å². The lowest BCUT2D eigenvalue weighted by molar-refractivity contribution is -0.121. The fraction of sp³-hybridized carbons (Fsp3) is 0.235. The molecule has 2 amide bonds. The zero-order valence-corrected chi connectivity index (χ0v) is 16.0. The highest BCUT2D eigenvalue weighted by atomic mass is 32.2. The lowest BCUT2D eigenvalue weighted by Crippen LogP contribution is -2.45. The second kappa shape index (κ2) is 7.49. The normalized spacial score (nSPS) is 14.6. The molecule has 0 aliphatic carbocycles. The van der Waals surface area contributed by atoms with Crippen molar-refractivity contribution in [2.45, 2.75) is 23.9 Å². The Balaban J connectivity index is 1.51. The molecule has 1 unspecified atom stereocenters. The molecule has 2 aromatic heterocycles. The van der Waals surface area contributed by atoms with Crippen LogP contribution in [0.1, 0.15) is 11.8 Å². The molecule has 1 aliphatic rings. The number of para-hydroxylation sites is 2. The van der Waals surface area contributed by atoms with Crippen molar-refractivity contribution in [1.82, 2.24) is 20.2 Å². The summed E-state index contributed by atoms with van der Waals surface area (Å²) in [4.78, 5) is 27.6. The molecule has 8 nitrogen and oxygen atoms in total. The van der Waals surface area contributed by atoms with E-state index >= 15 is 0 Å². The van der Waals surface area contributed by atoms with Crippen LogP contribution in [0.5, 0.6) is 0 Å². The fourth-order valence-electron chi connectivity index (χ4n) is 2.79. The van der Waals surface area contributed by atoms with Crippen LogP contribution in [-0.4, -0.2) is 43.8 Å². The number of carbonyl (C=O) groups excluding carboxylic acids is 2. The number of amides is 2. The van der Waals surface area contributed by atoms with Crippen molar-refractivity contribution in [3.63, 3.8) is 0 Å². The molecule has 1 atom stereocenters. The number of rotatable bonds is 5. The number of thioether (sulfide) groups is 1. The Labute approximate surface area is 163 Å². The van der Waals surface area contributed by atoms with E-state index in [0.717, 1.165) is 4.88 Å². The van der Waals surface area contributed by atoms with Crippen LogP contribution in [0, 0.1) is 0 Å². The van der Waals surface area contributed by atoms with Gasteiger partial charge in [0, 0.05) is 4.88 Å². The average molecular weight is 400 g/mol. The highest BCUT2D eigenvalue weighted by Crippen LogP contribution is 2.31. The SMILES string of the molecule is CC(Sc1nnnn1Cc1cccs1)C(=O)N1CC(=O)Nc2ccccc21. The minimum atomic E-state index is -0.447. The summed E-state index contributed by atoms with van der Waals surface area (Å²) >= 11 is 2.91. The number of nitrogens with one attached hydrogen (secondary N) is 1. The number of fused-ring (bicyclic) bond motifs is 1. The van der Waals surface area contributed by atoms with Gasteiger partial charge in [-0.15, -0.1) is 16.4 Å². The molecule has 0 saturated carbocycles. The third-order valence-electron chi connectivity index (χ3n) is 4.05. The highest BCUT2D eigenvalue weighted by molar-refractivity contribution is 8.00. The molecule has 0 bridgehead atoms. The number of tetrazole rings is 1. The Morgan fingerprint density at radius 3 is 3.00 bits per heavy atom. The summed E-state index contributed by atoms with van der Waals surface area (Å²) < 4.78 is 1.68. The predicted molar refractivity (Wildman–Crippen MR) is 104 cm³/mol. The van der Waals surface area contributed by atoms with Gasteiger partial charge in [-0.3, -0.25) is 14.5 Å². The first kappa shape index (κ1) is 17.7. The summed E-state index contributed by atoms with van der Waals surface area (Å²) in [5.41, 5.74) is 1.34. The number of carbonyl (C=O) groups is 2. The van der Waals surface area contributed by atoms with Crippen LogP contribution in [0.2, 0.25) is 0 Å². The van der Waals surface area contributed by atoms with Gasteiger partial charge in [-0.25, -0.2) is 4.68 Å². The van der Waals surface area contributed by atoms with Crippen LogP contribution in [0.3, 0.4) is 0 Å². The van der Waals surface area contributed by atoms with Gasteiger partial charge in [-0.1, -0.05) is 30.0 Å². The van der Waals surface area contributed by atoms with E-state index in [1.54, 1.807) is 29.0 Å². The summed E-state index contributed by atoms with van der Waals surface area (Å²) in [6.45, 7) is 2.36. The van der Waals surface area contributed by atoms with Crippen LogP contribution < -0.4 is 10.2 Å². The summed E-state index contributed by atoms with van der Waals surface area (Å²) in [6.07, 6.45) is 0. The monoisotopic (exact) mass is 400 g/mol. The third kappa shape index (κ3) is 3.71. The van der Waals surface area contributed by atoms with Crippen LogP contribution in [-0.2, 0) is 16.1 Å². The van der Waals surface area contributed by atoms with Crippen LogP contribution in [0.25, 0.3) is 0 Å². The fourth-order valence-corrected chi connectivity index (χ4v) is 4.32. The van der Waals surface area contributed by atoms with Crippen molar-refractivity contribution < 1.29 is 9.59 Å². The molecule has 27 heavy (non-hydrogen) atoms. The first-order valence-corrected chi connectivity index (χ1v) is 10.0. The number of nitrogens with zero attached hydrogens (tertiary/aromatic N) is 5. The Hall–Kier alpha value is -2.72. The minimum absolute atomic E-state index is 0.000875. The summed E-state index contributed by atoms with van der Waals surface area (Å²) in [7, 11) is 0. The maximum Gasteiger partial charge on any atom is 0.244 e. The number of thiophene rings is 1. The van der Waals surface area contributed by atoms with Crippen molar-refractivity contribution in [3.8, 4) is 0 Å². The van der Waals surface area contributed by atoms with Crippen LogP contribution in [0.4, 0.5) is 11.4 Å². The molecule has 1 N–H and O–H groups in total. The molecular formula is C17H16N6O2S2. The van der Waals surface area contributed by atoms with Crippen molar-refractivity contribution in [3.05, 3.63) is 46.7 Å². The third-order valence-corrected chi connectivity index (χ3v) is 5.97. The molecule has 0 fully saturated rings. The first-order chi connectivity index (χ1) is 13.1. The van der Waals surface area contributed by atoms with E-state index < -0.39 is 5.25 Å². The average Bonchev–Trinajstić information content (AvgIpc) is 3.33. The zero-order valence-electron chi connectivity index (χ0n) is 14.4. The quantitative estimate of drug-likeness (QED) is 0.661. The van der Waals surface area contributed by atoms with Crippen molar-refractivity contribution in [2.75, 3.05) is 16.8 Å². The number of hydrogen-bond donors (Lipinski definition) is 1. The molecule has 10 heteroatoms. The van der Waals surface area contributed by atoms with E-state index in [-0.39, 0.29) is 18.4 Å². The molecule has 3 aromatic rings. The number of anilines is 2. The van der Waals surface area contributed by atoms with Gasteiger partial charge in [-0.2, -0.15) is 0 Å². The Bertz CT molecular complexity index is 971. The highest BCUT2D eigenvalue weighted by Gasteiger charge is 2.30. The first-order valence-electron chi connectivity index (χ1n) is 8.27. The summed E-state index contributed by atoms with van der Waals surface area (Å²) in [5.74, 6) is -0.366. The van der Waals surface area contributed by atoms with Crippen molar-refractivity contribution in [2.24, 2.45) is 0 Å². The lowest BCUT2D eigenvalue weighted by atomic mass is 10.2. The van der Waals surface area contributed by atoms with Gasteiger partial charge in [-0.05, 0) is 40.9 Å². The molecular weight excluding hydrogens is 384 g/mol. The maximum atomic E-state index is 13.0. The van der Waals surface area contributed by atoms with E-state index in [0.29, 0.717) is 23.1 Å². The van der Waals surface area contributed by atoms with E-state index in [4.69, 9.17) is 0 Å². The molecule has 0 spiro atoms. The minimum Gasteiger partial charge on any atom is -0.323 e. The van der Waals surface area contributed by atoms with Gasteiger partial charge >= 0.3 is 0 Å². The maximum absolute atomic E-state index is 13.0. The van der Waals surface area contributed by atoms with Crippen molar-refractivity contribution >= 4 is 46.3 Å². The van der Waals surface area contributed by atoms with Crippen LogP contribution >= 0.6 is 23.1 Å². The van der Waals surface area contributed by atoms with Gasteiger partial charge in [0.1, 0.15) is 6.54 Å². The van der Waals surface area contributed by atoms with Gasteiger partial charge < -0.3 is 5.32 Å². The van der Waals surface area contributed by atoms with Gasteiger partial charge in [0.05, 0.1) is 23.2 Å². The van der Waals surface area contributed by atoms with Crippen LogP contribution in [0.15, 0.2) is 46.9 Å². The van der Waals surface area contributed by atoms with Gasteiger partial charge in [0.15, 0.2) is 0 Å². The predicted octanol–water partition coefficient (Wildman–Crippen LogP) is 2.25. The number of aromatic nitrogens is 4. The Kier molecular flexibility index (Phi) is 4.90. The number of benzene rings is 1. The van der Waals surface area contributed by atoms with Gasteiger partial charge in [0.25, 0.3) is 0 Å². The second-order valence-electron chi connectivity index (χ2n) is 5.95. The van der Waals surface area contributed by atoms with E-state index in [2.05, 4.69) is 20.8 Å². The standard InChI is InChI=1S/C17H16N6O2S2/c1-11(27-17-19-20-21-23(17)9-12-5-4-8-26-12)16(25)22-10-15(24)18-13-6-2-3-7-14(13)22/h2-8,11H,9-10H2,1H3,(H,18,24). The molecule has 0 radical (unpaired) electrons. The number of hydrogen-bond acceptors (Lipinski definition) is 7. The molecule has 0 saturated heterocycles. The molecule has 3 heterocycles. The molecule has 138 valence electrons. The topological polar surface area (TPSA) is 93.0 Å². The van der Waals surface area contributed by atoms with Gasteiger partial charge in [0.2, 0.25) is 17.0 Å². The molecule has 1 aliphatic heterocycles. The van der Waals surface area contributed by atoms with E-state index in [1.165, 1.54) is 16.7 Å².